The zero-order chi connectivity index (χ0) is 22.1. The molecule has 0 aliphatic rings. The average Bonchev–Trinajstić information content (AvgIpc) is 2.73. The number of carbonyl (C=O) groups is 3. The SMILES string of the molecule is NN=CNc1cccc(C(=O)NCC(=O)NCC(C(=O)O)c2cc(Cl)ccc2O)c1. The Morgan fingerprint density at radius 1 is 1.17 bits per heavy atom. The molecule has 0 aliphatic heterocycles. The summed E-state index contributed by atoms with van der Waals surface area (Å²) < 4.78 is 0. The summed E-state index contributed by atoms with van der Waals surface area (Å²) in [4.78, 5) is 35.8. The van der Waals surface area contributed by atoms with Crippen LogP contribution in [0, 0.1) is 0 Å². The first kappa shape index (κ1) is 22.5. The van der Waals surface area contributed by atoms with E-state index in [-0.39, 0.29) is 29.4 Å². The molecule has 0 heterocycles. The molecule has 0 spiro atoms. The number of nitrogens with two attached hydrogens (primary N) is 1. The van der Waals surface area contributed by atoms with E-state index in [1.807, 2.05) is 0 Å². The fourth-order valence-electron chi connectivity index (χ4n) is 2.54. The lowest BCUT2D eigenvalue weighted by Crippen LogP contribution is -2.39. The fourth-order valence-corrected chi connectivity index (χ4v) is 2.72. The van der Waals surface area contributed by atoms with E-state index in [0.29, 0.717) is 11.3 Å². The molecule has 2 rings (SSSR count). The van der Waals surface area contributed by atoms with E-state index >= 15 is 0 Å². The molecule has 158 valence electrons. The highest BCUT2D eigenvalue weighted by Crippen LogP contribution is 2.28. The number of hydrogen-bond donors (Lipinski definition) is 6. The molecule has 0 fully saturated rings. The summed E-state index contributed by atoms with van der Waals surface area (Å²) in [5, 5.41) is 30.5. The molecular formula is C19H20ClN5O5. The molecule has 11 heteroatoms. The number of carboxylic acid groups (broad SMARTS) is 1. The zero-order valence-electron chi connectivity index (χ0n) is 15.6. The van der Waals surface area contributed by atoms with E-state index in [1.165, 1.54) is 30.6 Å². The van der Waals surface area contributed by atoms with Gasteiger partial charge in [-0.05, 0) is 36.4 Å². The topological polar surface area (TPSA) is 166 Å². The van der Waals surface area contributed by atoms with Gasteiger partial charge in [-0.2, -0.15) is 5.10 Å². The van der Waals surface area contributed by atoms with Gasteiger partial charge in [0.2, 0.25) is 5.91 Å². The Hall–Kier alpha value is -3.79. The van der Waals surface area contributed by atoms with Crippen LogP contribution in [0.2, 0.25) is 5.02 Å². The number of benzene rings is 2. The van der Waals surface area contributed by atoms with Crippen LogP contribution in [0.1, 0.15) is 21.8 Å². The third kappa shape index (κ3) is 6.38. The number of carbonyl (C=O) groups excluding carboxylic acids is 2. The third-order valence-electron chi connectivity index (χ3n) is 4.01. The lowest BCUT2D eigenvalue weighted by atomic mass is 9.98. The van der Waals surface area contributed by atoms with Crippen LogP contribution in [0.5, 0.6) is 5.75 Å². The number of anilines is 1. The molecule has 7 N–H and O–H groups in total. The quantitative estimate of drug-likeness (QED) is 0.149. The summed E-state index contributed by atoms with van der Waals surface area (Å²) in [6.07, 6.45) is 1.25. The number of nitrogens with one attached hydrogen (secondary N) is 3. The van der Waals surface area contributed by atoms with E-state index < -0.39 is 23.7 Å². The van der Waals surface area contributed by atoms with Gasteiger partial charge in [0, 0.05) is 28.4 Å². The molecule has 0 aromatic heterocycles. The maximum Gasteiger partial charge on any atom is 0.312 e. The van der Waals surface area contributed by atoms with Gasteiger partial charge in [-0.15, -0.1) is 0 Å². The van der Waals surface area contributed by atoms with Crippen LogP contribution < -0.4 is 21.8 Å². The maximum absolute atomic E-state index is 12.2. The van der Waals surface area contributed by atoms with Gasteiger partial charge in [-0.1, -0.05) is 17.7 Å². The Morgan fingerprint density at radius 3 is 2.63 bits per heavy atom. The maximum atomic E-state index is 12.2. The minimum absolute atomic E-state index is 0.0738. The molecule has 1 unspecified atom stereocenters. The number of nitrogens with zero attached hydrogens (tertiary/aromatic N) is 1. The van der Waals surface area contributed by atoms with Crippen molar-refractivity contribution in [2.24, 2.45) is 10.9 Å². The summed E-state index contributed by atoms with van der Waals surface area (Å²) >= 11 is 5.85. The van der Waals surface area contributed by atoms with Gasteiger partial charge < -0.3 is 32.0 Å². The molecule has 0 bridgehead atoms. The van der Waals surface area contributed by atoms with Crippen molar-refractivity contribution in [3.8, 4) is 5.75 Å². The molecule has 1 atom stereocenters. The summed E-state index contributed by atoms with van der Waals surface area (Å²) in [6, 6.07) is 10.4. The van der Waals surface area contributed by atoms with Crippen LogP contribution in [0.25, 0.3) is 0 Å². The molecule has 2 aromatic carbocycles. The van der Waals surface area contributed by atoms with E-state index in [9.17, 15) is 24.6 Å². The first-order valence-corrected chi connectivity index (χ1v) is 9.04. The van der Waals surface area contributed by atoms with Gasteiger partial charge >= 0.3 is 5.97 Å². The molecule has 2 amide bonds. The number of hydrogen-bond acceptors (Lipinski definition) is 6. The third-order valence-corrected chi connectivity index (χ3v) is 4.24. The molecule has 10 nitrogen and oxygen atoms in total. The molecule has 0 aliphatic carbocycles. The number of aliphatic carboxylic acids is 1. The summed E-state index contributed by atoms with van der Waals surface area (Å²) in [5.41, 5.74) is 0.946. The summed E-state index contributed by atoms with van der Waals surface area (Å²) in [6.45, 7) is -0.662. The lowest BCUT2D eigenvalue weighted by molar-refractivity contribution is -0.138. The molecule has 0 saturated carbocycles. The van der Waals surface area contributed by atoms with Crippen molar-refractivity contribution < 1.29 is 24.6 Å². The van der Waals surface area contributed by atoms with Gasteiger partial charge in [0.05, 0.1) is 6.54 Å². The second-order valence-electron chi connectivity index (χ2n) is 6.08. The predicted molar refractivity (Wildman–Crippen MR) is 112 cm³/mol. The van der Waals surface area contributed by atoms with E-state index in [2.05, 4.69) is 21.1 Å². The number of phenols is 1. The number of rotatable bonds is 9. The highest BCUT2D eigenvalue weighted by molar-refractivity contribution is 6.30. The van der Waals surface area contributed by atoms with Crippen LogP contribution in [-0.2, 0) is 9.59 Å². The minimum Gasteiger partial charge on any atom is -0.508 e. The molecule has 0 radical (unpaired) electrons. The minimum atomic E-state index is -1.25. The monoisotopic (exact) mass is 433 g/mol. The number of phenolic OH excluding ortho intramolecular Hbond substituents is 1. The van der Waals surface area contributed by atoms with E-state index in [1.54, 1.807) is 18.2 Å². The van der Waals surface area contributed by atoms with Gasteiger partial charge in [-0.3, -0.25) is 14.4 Å². The number of halogens is 1. The van der Waals surface area contributed by atoms with Crippen LogP contribution in [0.15, 0.2) is 47.6 Å². The highest BCUT2D eigenvalue weighted by Gasteiger charge is 2.24. The van der Waals surface area contributed by atoms with Crippen molar-refractivity contribution in [1.82, 2.24) is 10.6 Å². The fraction of sp³-hybridized carbons (Fsp3) is 0.158. The highest BCUT2D eigenvalue weighted by atomic mass is 35.5. The Labute approximate surface area is 176 Å². The van der Waals surface area contributed by atoms with Crippen LogP contribution in [-0.4, -0.2) is 47.4 Å². The van der Waals surface area contributed by atoms with E-state index in [0.717, 1.165) is 0 Å². The van der Waals surface area contributed by atoms with Crippen molar-refractivity contribution in [3.05, 3.63) is 58.6 Å². The Morgan fingerprint density at radius 2 is 1.93 bits per heavy atom. The Balaban J connectivity index is 1.93. The number of hydrazone groups is 1. The van der Waals surface area contributed by atoms with Crippen LogP contribution >= 0.6 is 11.6 Å². The Kier molecular flexibility index (Phi) is 8.00. The van der Waals surface area contributed by atoms with Crippen molar-refractivity contribution in [3.63, 3.8) is 0 Å². The number of aromatic hydroxyl groups is 1. The molecule has 0 saturated heterocycles. The van der Waals surface area contributed by atoms with Crippen molar-refractivity contribution >= 4 is 41.4 Å². The zero-order valence-corrected chi connectivity index (χ0v) is 16.4. The van der Waals surface area contributed by atoms with Crippen LogP contribution in [0.3, 0.4) is 0 Å². The molecular weight excluding hydrogens is 414 g/mol. The van der Waals surface area contributed by atoms with Gasteiger partial charge in [0.1, 0.15) is 18.0 Å². The predicted octanol–water partition coefficient (Wildman–Crippen LogP) is 1.07. The van der Waals surface area contributed by atoms with Gasteiger partial charge in [0.15, 0.2) is 0 Å². The van der Waals surface area contributed by atoms with Crippen LogP contribution in [0.4, 0.5) is 5.69 Å². The molecule has 30 heavy (non-hydrogen) atoms. The second-order valence-corrected chi connectivity index (χ2v) is 6.52. The normalized spacial score (nSPS) is 11.6. The lowest BCUT2D eigenvalue weighted by Gasteiger charge is -2.15. The standard InChI is InChI=1S/C19H20ClN5O5/c20-12-4-5-16(26)14(7-12)15(19(29)30)8-22-17(27)9-23-18(28)11-2-1-3-13(6-11)24-10-25-21/h1-7,10,15,26H,8-9,21H2,(H,22,27)(H,23,28)(H,24,25)(H,29,30). The largest absolute Gasteiger partial charge is 0.508 e. The summed E-state index contributed by atoms with van der Waals surface area (Å²) in [5.74, 6) is 1.20. The van der Waals surface area contributed by atoms with E-state index in [4.69, 9.17) is 17.4 Å². The van der Waals surface area contributed by atoms with Gasteiger partial charge in [-0.25, -0.2) is 0 Å². The first-order valence-electron chi connectivity index (χ1n) is 8.66. The van der Waals surface area contributed by atoms with Crippen molar-refractivity contribution in [2.75, 3.05) is 18.4 Å². The van der Waals surface area contributed by atoms with Crippen molar-refractivity contribution in [1.29, 1.82) is 0 Å². The van der Waals surface area contributed by atoms with Crippen molar-refractivity contribution in [2.45, 2.75) is 5.92 Å². The van der Waals surface area contributed by atoms with Gasteiger partial charge in [0.25, 0.3) is 5.91 Å². The average molecular weight is 434 g/mol. The first-order chi connectivity index (χ1) is 14.3. The smallest absolute Gasteiger partial charge is 0.312 e. The molecule has 2 aromatic rings. The Bertz CT molecular complexity index is 966. The number of carboxylic acids is 1. The second kappa shape index (κ2) is 10.7. The summed E-state index contributed by atoms with van der Waals surface area (Å²) in [7, 11) is 0. The number of amides is 2.